The average molecular weight is 341 g/mol. The number of carbonyl (C=O) groups is 1. The number of ketones is 1. The minimum Gasteiger partial charge on any atom is -0.366 e. The van der Waals surface area contributed by atoms with Crippen molar-refractivity contribution in [1.82, 2.24) is 0 Å². The van der Waals surface area contributed by atoms with Crippen molar-refractivity contribution in [2.45, 2.75) is 70.8 Å². The van der Waals surface area contributed by atoms with Gasteiger partial charge in [-0.1, -0.05) is 31.6 Å². The topological polar surface area (TPSA) is 26.3 Å². The van der Waals surface area contributed by atoms with Gasteiger partial charge in [0.1, 0.15) is 0 Å². The number of hydrogen-bond acceptors (Lipinski definition) is 2. The van der Waals surface area contributed by atoms with Crippen LogP contribution in [0.15, 0.2) is 23.8 Å². The quantitative estimate of drug-likeness (QED) is 0.622. The molecule has 2 heteroatoms. The predicted octanol–water partition coefficient (Wildman–Crippen LogP) is 5.09. The molecule has 3 unspecified atom stereocenters. The lowest BCUT2D eigenvalue weighted by Gasteiger charge is -2.58. The highest BCUT2D eigenvalue weighted by atomic mass is 16.5. The third-order valence-corrected chi connectivity index (χ3v) is 8.97. The fourth-order valence-electron chi connectivity index (χ4n) is 8.13. The fourth-order valence-corrected chi connectivity index (χ4v) is 8.13. The molecule has 3 saturated carbocycles. The zero-order valence-electron chi connectivity index (χ0n) is 15.8. The van der Waals surface area contributed by atoms with E-state index in [4.69, 9.17) is 4.74 Å². The number of fused-ring (bicyclic) bond motifs is 6. The highest BCUT2D eigenvalue weighted by Gasteiger charge is 2.65. The van der Waals surface area contributed by atoms with Gasteiger partial charge in [-0.05, 0) is 80.6 Å². The van der Waals surface area contributed by atoms with E-state index in [1.165, 1.54) is 37.7 Å². The minimum absolute atomic E-state index is 0.0375. The van der Waals surface area contributed by atoms with Crippen molar-refractivity contribution >= 4 is 5.78 Å². The first-order valence-corrected chi connectivity index (χ1v) is 10.7. The first-order valence-electron chi connectivity index (χ1n) is 10.7. The van der Waals surface area contributed by atoms with Gasteiger partial charge < -0.3 is 4.74 Å². The smallest absolute Gasteiger partial charge is 0.155 e. The van der Waals surface area contributed by atoms with Crippen LogP contribution in [-0.2, 0) is 9.53 Å². The van der Waals surface area contributed by atoms with Gasteiger partial charge in [-0.2, -0.15) is 0 Å². The molecule has 1 spiro atoms. The van der Waals surface area contributed by atoms with E-state index in [1.54, 1.807) is 0 Å². The lowest BCUT2D eigenvalue weighted by molar-refractivity contribution is -0.132. The van der Waals surface area contributed by atoms with E-state index in [-0.39, 0.29) is 5.60 Å². The van der Waals surface area contributed by atoms with Crippen LogP contribution >= 0.6 is 0 Å². The number of carbonyl (C=O) groups excluding carboxylic acids is 1. The third kappa shape index (κ3) is 2.04. The summed E-state index contributed by atoms with van der Waals surface area (Å²) in [6, 6.07) is 0. The summed E-state index contributed by atoms with van der Waals surface area (Å²) in [5.41, 5.74) is 1.90. The van der Waals surface area contributed by atoms with E-state index in [9.17, 15) is 4.79 Å². The molecule has 25 heavy (non-hydrogen) atoms. The summed E-state index contributed by atoms with van der Waals surface area (Å²) in [7, 11) is 0. The second kappa shape index (κ2) is 5.55. The lowest BCUT2D eigenvalue weighted by Crippen LogP contribution is -2.55. The Hall–Kier alpha value is -0.890. The molecule has 0 saturated heterocycles. The maximum atomic E-state index is 11.9. The molecule has 2 nitrogen and oxygen atoms in total. The summed E-state index contributed by atoms with van der Waals surface area (Å²) in [5, 5.41) is 0. The van der Waals surface area contributed by atoms with Crippen LogP contribution in [-0.4, -0.2) is 18.0 Å². The summed E-state index contributed by atoms with van der Waals surface area (Å²) >= 11 is 0. The molecule has 1 heterocycles. The Morgan fingerprint density at radius 1 is 1.24 bits per heavy atom. The van der Waals surface area contributed by atoms with Crippen molar-refractivity contribution < 1.29 is 9.53 Å². The Morgan fingerprint density at radius 2 is 2.12 bits per heavy atom. The van der Waals surface area contributed by atoms with E-state index in [0.717, 1.165) is 49.5 Å². The fraction of sp³-hybridized carbons (Fsp3) is 0.783. The van der Waals surface area contributed by atoms with Gasteiger partial charge in [-0.25, -0.2) is 0 Å². The van der Waals surface area contributed by atoms with Crippen LogP contribution in [0.3, 0.4) is 0 Å². The largest absolute Gasteiger partial charge is 0.366 e. The molecule has 136 valence electrons. The molecule has 0 aromatic heterocycles. The Bertz CT molecular complexity index is 646. The highest BCUT2D eigenvalue weighted by molar-refractivity contribution is 5.91. The van der Waals surface area contributed by atoms with Crippen molar-refractivity contribution in [2.24, 2.45) is 35.0 Å². The van der Waals surface area contributed by atoms with Crippen LogP contribution in [0.25, 0.3) is 0 Å². The van der Waals surface area contributed by atoms with E-state index in [0.29, 0.717) is 17.1 Å². The van der Waals surface area contributed by atoms with E-state index < -0.39 is 0 Å². The first kappa shape index (κ1) is 16.3. The van der Waals surface area contributed by atoms with Gasteiger partial charge in [-0.15, -0.1) is 0 Å². The van der Waals surface area contributed by atoms with Crippen molar-refractivity contribution in [3.63, 3.8) is 0 Å². The van der Waals surface area contributed by atoms with Gasteiger partial charge in [0, 0.05) is 11.8 Å². The minimum atomic E-state index is 0.0375. The molecule has 7 atom stereocenters. The molecule has 0 aromatic rings. The molecular weight excluding hydrogens is 308 g/mol. The van der Waals surface area contributed by atoms with Gasteiger partial charge in [0.05, 0.1) is 12.2 Å². The summed E-state index contributed by atoms with van der Waals surface area (Å²) in [6.45, 7) is 5.69. The highest BCUT2D eigenvalue weighted by Crippen LogP contribution is 2.68. The molecule has 0 N–H and O–H groups in total. The Morgan fingerprint density at radius 3 is 2.88 bits per heavy atom. The summed E-state index contributed by atoms with van der Waals surface area (Å²) in [5.74, 6) is 4.25. The van der Waals surface area contributed by atoms with Crippen LogP contribution in [0.2, 0.25) is 0 Å². The predicted molar refractivity (Wildman–Crippen MR) is 99.1 cm³/mol. The Kier molecular flexibility index (Phi) is 3.62. The standard InChI is InChI=1S/C23H32O2/c1-3-22-10-7-19-18-6-5-17(24)14-16(18)13-15(2)21(19)20(22)8-11-23(22)9-4-12-25-23/h4,9,14-15,18-21H,3,5-8,10-13H2,1-2H3/t15-,18-,19?,20?,21?,22-,23-/m0/s1. The Labute approximate surface area is 152 Å². The zero-order valence-corrected chi connectivity index (χ0v) is 15.8. The van der Waals surface area contributed by atoms with E-state index in [2.05, 4.69) is 26.0 Å². The van der Waals surface area contributed by atoms with Crippen molar-refractivity contribution in [1.29, 1.82) is 0 Å². The first-order chi connectivity index (χ1) is 12.1. The van der Waals surface area contributed by atoms with Gasteiger partial charge in [0.2, 0.25) is 0 Å². The third-order valence-electron chi connectivity index (χ3n) is 8.97. The van der Waals surface area contributed by atoms with Gasteiger partial charge in [0.15, 0.2) is 5.78 Å². The van der Waals surface area contributed by atoms with Crippen molar-refractivity contribution in [3.8, 4) is 0 Å². The molecule has 1 aliphatic heterocycles. The monoisotopic (exact) mass is 340 g/mol. The maximum Gasteiger partial charge on any atom is 0.155 e. The van der Waals surface area contributed by atoms with Crippen LogP contribution in [0, 0.1) is 35.0 Å². The molecular formula is C23H32O2. The summed E-state index contributed by atoms with van der Waals surface area (Å²) < 4.78 is 6.43. The van der Waals surface area contributed by atoms with Crippen LogP contribution < -0.4 is 0 Å². The number of hydrogen-bond donors (Lipinski definition) is 0. The molecule has 5 aliphatic rings. The average Bonchev–Trinajstić information content (AvgIpc) is 3.21. The summed E-state index contributed by atoms with van der Waals surface area (Å²) in [4.78, 5) is 11.9. The Balaban J connectivity index is 1.53. The van der Waals surface area contributed by atoms with E-state index in [1.807, 2.05) is 6.08 Å². The van der Waals surface area contributed by atoms with Crippen LogP contribution in [0.5, 0.6) is 0 Å². The molecule has 3 fully saturated rings. The number of ether oxygens (including phenoxy) is 1. The lowest BCUT2D eigenvalue weighted by atomic mass is 9.47. The number of allylic oxidation sites excluding steroid dienone is 1. The summed E-state index contributed by atoms with van der Waals surface area (Å²) in [6.07, 6.45) is 16.3. The van der Waals surface area contributed by atoms with Gasteiger partial charge in [-0.3, -0.25) is 4.79 Å². The SMILES string of the molecule is CC[C@]12CCC3C(C1CC[C@@]21C=CCO1)[C@@H](C)CC1=CC(=O)CC[C@@H]13. The second-order valence-electron chi connectivity index (χ2n) is 9.55. The molecule has 0 radical (unpaired) electrons. The molecule has 4 aliphatic carbocycles. The number of rotatable bonds is 1. The van der Waals surface area contributed by atoms with Crippen LogP contribution in [0.1, 0.15) is 65.2 Å². The van der Waals surface area contributed by atoms with Gasteiger partial charge >= 0.3 is 0 Å². The molecule has 0 bridgehead atoms. The van der Waals surface area contributed by atoms with Crippen LogP contribution in [0.4, 0.5) is 0 Å². The maximum absolute atomic E-state index is 11.9. The van der Waals surface area contributed by atoms with E-state index >= 15 is 0 Å². The normalized spacial score (nSPS) is 51.2. The van der Waals surface area contributed by atoms with Crippen molar-refractivity contribution in [3.05, 3.63) is 23.8 Å². The second-order valence-corrected chi connectivity index (χ2v) is 9.55. The molecule has 5 rings (SSSR count). The van der Waals surface area contributed by atoms with Gasteiger partial charge in [0.25, 0.3) is 0 Å². The zero-order chi connectivity index (χ0) is 17.2. The molecule has 0 amide bonds. The molecule has 0 aromatic carbocycles. The van der Waals surface area contributed by atoms with Crippen molar-refractivity contribution in [2.75, 3.05) is 6.61 Å².